The van der Waals surface area contributed by atoms with Gasteiger partial charge in [0.05, 0.1) is 9.79 Å². The van der Waals surface area contributed by atoms with Gasteiger partial charge in [-0.05, 0) is 48.5 Å². The average Bonchev–Trinajstić information content (AvgIpc) is 2.74. The molecule has 33 heavy (non-hydrogen) atoms. The van der Waals surface area contributed by atoms with Gasteiger partial charge in [-0.15, -0.1) is 10.2 Å². The minimum atomic E-state index is -3.82. The second-order valence-electron chi connectivity index (χ2n) is 6.39. The lowest BCUT2D eigenvalue weighted by Crippen LogP contribution is -2.30. The molecule has 2 aromatic carbocycles. The van der Waals surface area contributed by atoms with Crippen molar-refractivity contribution in [2.24, 2.45) is 33.1 Å². The van der Waals surface area contributed by atoms with E-state index in [1.54, 1.807) is 0 Å². The molecule has 0 aromatic heterocycles. The summed E-state index contributed by atoms with van der Waals surface area (Å²) in [6.45, 7) is -0.351. The highest BCUT2D eigenvalue weighted by Crippen LogP contribution is 2.23. The zero-order valence-corrected chi connectivity index (χ0v) is 18.1. The van der Waals surface area contributed by atoms with Crippen molar-refractivity contribution in [1.29, 1.82) is 0 Å². The maximum atomic E-state index is 12.8. The number of nitrogens with two attached hydrogens (primary N) is 4. The third-order valence-electron chi connectivity index (χ3n) is 3.79. The minimum Gasteiger partial charge on any atom is -0.369 e. The van der Waals surface area contributed by atoms with E-state index in [-0.39, 0.29) is 34.8 Å². The van der Waals surface area contributed by atoms with Gasteiger partial charge in [-0.25, -0.2) is 8.42 Å². The van der Waals surface area contributed by atoms with Crippen molar-refractivity contribution in [1.82, 2.24) is 10.9 Å². The number of hydrazone groups is 2. The van der Waals surface area contributed by atoms with Crippen LogP contribution in [0.5, 0.6) is 0 Å². The molecule has 0 bridgehead atoms. The lowest BCUT2D eigenvalue weighted by Gasteiger charge is -2.09. The number of nitrogens with one attached hydrogen (secondary N) is 4. The summed E-state index contributed by atoms with van der Waals surface area (Å²) in [5, 5.41) is 12.1. The average molecular weight is 477 g/mol. The molecule has 0 saturated carbocycles. The summed E-state index contributed by atoms with van der Waals surface area (Å²) in [6.07, 6.45) is 0. The van der Waals surface area contributed by atoms with Crippen LogP contribution < -0.4 is 44.4 Å². The maximum absolute atomic E-state index is 12.8. The molecule has 0 heterocycles. The Morgan fingerprint density at radius 1 is 0.667 bits per heavy atom. The van der Waals surface area contributed by atoms with Gasteiger partial charge in [-0.2, -0.15) is 0 Å². The first-order chi connectivity index (χ1) is 15.6. The van der Waals surface area contributed by atoms with E-state index in [1.165, 1.54) is 48.5 Å². The minimum absolute atomic E-state index is 0.0253. The van der Waals surface area contributed by atoms with Crippen molar-refractivity contribution >= 4 is 44.9 Å². The van der Waals surface area contributed by atoms with Gasteiger partial charge in [-0.3, -0.25) is 20.4 Å². The molecule has 2 aromatic rings. The van der Waals surface area contributed by atoms with Crippen LogP contribution in [0.3, 0.4) is 0 Å². The van der Waals surface area contributed by atoms with Crippen LogP contribution >= 0.6 is 0 Å². The van der Waals surface area contributed by atoms with Gasteiger partial charge in [0.15, 0.2) is 0 Å². The van der Waals surface area contributed by atoms with Crippen molar-refractivity contribution in [2.75, 3.05) is 23.7 Å². The van der Waals surface area contributed by atoms with E-state index >= 15 is 0 Å². The molecule has 0 atom stereocenters. The molecule has 15 heteroatoms. The summed E-state index contributed by atoms with van der Waals surface area (Å²) in [6, 6.07) is 11.2. The number of sulfone groups is 1. The van der Waals surface area contributed by atoms with Crippen LogP contribution in [0.4, 0.5) is 11.4 Å². The molecule has 0 aliphatic rings. The molecule has 176 valence electrons. The number of hydrogen-bond donors (Lipinski definition) is 8. The summed E-state index contributed by atoms with van der Waals surface area (Å²) in [7, 11) is -3.82. The van der Waals surface area contributed by atoms with Crippen molar-refractivity contribution in [3.8, 4) is 0 Å². The molecule has 0 radical (unpaired) electrons. The third-order valence-corrected chi connectivity index (χ3v) is 5.58. The number of carbonyl (C=O) groups is 2. The first-order valence-electron chi connectivity index (χ1n) is 9.26. The molecule has 14 nitrogen and oxygen atoms in total. The molecule has 0 aliphatic carbocycles. The SMILES string of the molecule is NC(N)=NNCC(=O)Nc1ccc(S(=O)(=O)c2ccc(NC(=O)CNN=C(N)N)cc2)cc1. The normalized spacial score (nSPS) is 10.4. The Kier molecular flexibility index (Phi) is 8.39. The second-order valence-corrected chi connectivity index (χ2v) is 8.34. The van der Waals surface area contributed by atoms with Gasteiger partial charge in [0.2, 0.25) is 33.6 Å². The van der Waals surface area contributed by atoms with Crippen LogP contribution in [0.15, 0.2) is 68.5 Å². The molecule has 0 saturated heterocycles. The largest absolute Gasteiger partial charge is 0.369 e. The Labute approximate surface area is 189 Å². The van der Waals surface area contributed by atoms with Crippen LogP contribution in [-0.4, -0.2) is 45.2 Å². The molecule has 0 spiro atoms. The van der Waals surface area contributed by atoms with Crippen molar-refractivity contribution in [3.63, 3.8) is 0 Å². The first kappa shape index (κ1) is 24.7. The van der Waals surface area contributed by atoms with Crippen LogP contribution in [0.1, 0.15) is 0 Å². The van der Waals surface area contributed by atoms with Crippen molar-refractivity contribution in [2.45, 2.75) is 9.79 Å². The topological polar surface area (TPSA) is 245 Å². The lowest BCUT2D eigenvalue weighted by atomic mass is 10.3. The van der Waals surface area contributed by atoms with E-state index in [4.69, 9.17) is 22.9 Å². The van der Waals surface area contributed by atoms with Gasteiger partial charge in [0, 0.05) is 11.4 Å². The second kappa shape index (κ2) is 11.2. The number of benzene rings is 2. The summed E-state index contributed by atoms with van der Waals surface area (Å²) in [4.78, 5) is 23.6. The Bertz CT molecular complexity index is 1050. The zero-order chi connectivity index (χ0) is 24.4. The number of guanidine groups is 2. The Balaban J connectivity index is 2.00. The fourth-order valence-electron chi connectivity index (χ4n) is 2.39. The zero-order valence-electron chi connectivity index (χ0n) is 17.3. The molecular weight excluding hydrogens is 452 g/mol. The molecule has 0 fully saturated rings. The number of nitrogens with zero attached hydrogens (tertiary/aromatic N) is 2. The van der Waals surface area contributed by atoms with E-state index < -0.39 is 21.7 Å². The Hall–Kier alpha value is -4.53. The quantitative estimate of drug-likeness (QED) is 0.106. The summed E-state index contributed by atoms with van der Waals surface area (Å²) >= 11 is 0. The number of hydrogen-bond acceptors (Lipinski definition) is 8. The molecule has 12 N–H and O–H groups in total. The number of anilines is 2. The third kappa shape index (κ3) is 7.91. The molecular formula is C18H24N10O4S. The Morgan fingerprint density at radius 2 is 1.00 bits per heavy atom. The smallest absolute Gasteiger partial charge is 0.245 e. The van der Waals surface area contributed by atoms with E-state index in [0.717, 1.165) is 0 Å². The van der Waals surface area contributed by atoms with Crippen molar-refractivity contribution in [3.05, 3.63) is 48.5 Å². The van der Waals surface area contributed by atoms with Gasteiger partial charge in [-0.1, -0.05) is 0 Å². The Morgan fingerprint density at radius 3 is 1.30 bits per heavy atom. The van der Waals surface area contributed by atoms with E-state index in [0.29, 0.717) is 11.4 Å². The predicted octanol–water partition coefficient (Wildman–Crippen LogP) is -2.05. The monoisotopic (exact) mass is 476 g/mol. The standard InChI is InChI=1S/C18H24N10O4S/c19-17(20)27-23-9-15(29)25-11-1-5-13(6-2-11)33(31,32)14-7-3-12(4-8-14)26-16(30)10-24-28-18(21)22/h1-8,23-24H,9-10H2,(H,25,29)(H,26,30)(H4,19,20,27)(H4,21,22,28). The lowest BCUT2D eigenvalue weighted by molar-refractivity contribution is -0.116. The molecule has 2 rings (SSSR count). The number of amides is 2. The fourth-order valence-corrected chi connectivity index (χ4v) is 3.65. The van der Waals surface area contributed by atoms with Crippen LogP contribution in [0, 0.1) is 0 Å². The highest BCUT2D eigenvalue weighted by molar-refractivity contribution is 7.91. The summed E-state index contributed by atoms with van der Waals surface area (Å²) in [5.41, 5.74) is 26.1. The van der Waals surface area contributed by atoms with Gasteiger partial charge >= 0.3 is 0 Å². The van der Waals surface area contributed by atoms with Crippen LogP contribution in [0.25, 0.3) is 0 Å². The number of carbonyl (C=O) groups excluding carboxylic acids is 2. The van der Waals surface area contributed by atoms with Crippen LogP contribution in [-0.2, 0) is 19.4 Å². The van der Waals surface area contributed by atoms with Gasteiger partial charge in [0.25, 0.3) is 0 Å². The molecule has 0 unspecified atom stereocenters. The fraction of sp³-hybridized carbons (Fsp3) is 0.111. The maximum Gasteiger partial charge on any atom is 0.245 e. The van der Waals surface area contributed by atoms with E-state index in [2.05, 4.69) is 31.7 Å². The molecule has 0 aliphatic heterocycles. The highest BCUT2D eigenvalue weighted by atomic mass is 32.2. The summed E-state index contributed by atoms with van der Waals surface area (Å²) in [5.74, 6) is -1.29. The highest BCUT2D eigenvalue weighted by Gasteiger charge is 2.18. The summed E-state index contributed by atoms with van der Waals surface area (Å²) < 4.78 is 25.7. The van der Waals surface area contributed by atoms with E-state index in [1.807, 2.05) is 0 Å². The number of rotatable bonds is 10. The predicted molar refractivity (Wildman–Crippen MR) is 123 cm³/mol. The van der Waals surface area contributed by atoms with Gasteiger partial charge in [0.1, 0.15) is 13.1 Å². The molecule has 2 amide bonds. The first-order valence-corrected chi connectivity index (χ1v) is 10.7. The van der Waals surface area contributed by atoms with Crippen LogP contribution in [0.2, 0.25) is 0 Å². The van der Waals surface area contributed by atoms with E-state index in [9.17, 15) is 18.0 Å². The van der Waals surface area contributed by atoms with Gasteiger partial charge < -0.3 is 33.6 Å². The van der Waals surface area contributed by atoms with Crippen molar-refractivity contribution < 1.29 is 18.0 Å².